The Morgan fingerprint density at radius 1 is 1.19 bits per heavy atom. The molecule has 1 N–H and O–H groups in total. The average molecular weight is 323 g/mol. The molecule has 0 saturated heterocycles. The number of rotatable bonds is 4. The fourth-order valence-corrected chi connectivity index (χ4v) is 2.34. The number of benzene rings is 1. The quantitative estimate of drug-likeness (QED) is 0.654. The highest BCUT2D eigenvalue weighted by molar-refractivity contribution is 6.36. The Balaban J connectivity index is 2.09. The van der Waals surface area contributed by atoms with Gasteiger partial charge in [-0.3, -0.25) is 0 Å². The first-order chi connectivity index (χ1) is 10.1. The van der Waals surface area contributed by atoms with Crippen molar-refractivity contribution in [2.24, 2.45) is 0 Å². The molecule has 1 aliphatic rings. The van der Waals surface area contributed by atoms with Crippen LogP contribution in [0, 0.1) is 0 Å². The summed E-state index contributed by atoms with van der Waals surface area (Å²) in [5.74, 6) is -0.337. The second-order valence-electron chi connectivity index (χ2n) is 4.26. The van der Waals surface area contributed by atoms with Crippen LogP contribution in [0.2, 0.25) is 10.0 Å². The third-order valence-electron chi connectivity index (χ3n) is 2.64. The van der Waals surface area contributed by atoms with E-state index in [1.54, 1.807) is 30.4 Å². The molecular formula is C16H12Cl2O3. The maximum absolute atomic E-state index is 10.3. The highest BCUT2D eigenvalue weighted by Gasteiger charge is 2.14. The van der Waals surface area contributed by atoms with Gasteiger partial charge in [-0.15, -0.1) is 0 Å². The number of carbonyl (C=O) groups is 1. The van der Waals surface area contributed by atoms with Gasteiger partial charge in [0, 0.05) is 16.7 Å². The van der Waals surface area contributed by atoms with Crippen molar-refractivity contribution in [1.82, 2.24) is 0 Å². The number of carboxylic acid groups (broad SMARTS) is 1. The van der Waals surface area contributed by atoms with Crippen LogP contribution in [0.1, 0.15) is 5.56 Å². The monoisotopic (exact) mass is 322 g/mol. The first-order valence-corrected chi connectivity index (χ1v) is 6.88. The van der Waals surface area contributed by atoms with Gasteiger partial charge in [-0.1, -0.05) is 53.6 Å². The van der Waals surface area contributed by atoms with Crippen molar-refractivity contribution in [3.63, 3.8) is 0 Å². The summed E-state index contributed by atoms with van der Waals surface area (Å²) in [4.78, 5) is 10.3. The Labute approximate surface area is 132 Å². The van der Waals surface area contributed by atoms with Gasteiger partial charge < -0.3 is 9.84 Å². The fourth-order valence-electron chi connectivity index (χ4n) is 1.78. The maximum Gasteiger partial charge on any atom is 0.328 e. The van der Waals surface area contributed by atoms with E-state index in [9.17, 15) is 4.79 Å². The molecule has 1 aromatic carbocycles. The first kappa shape index (κ1) is 15.4. The Bertz CT molecular complexity index is 670. The van der Waals surface area contributed by atoms with Crippen LogP contribution in [0.3, 0.4) is 0 Å². The number of fused-ring (bicyclic) bond motifs is 1. The van der Waals surface area contributed by atoms with Gasteiger partial charge in [0.2, 0.25) is 0 Å². The summed E-state index contributed by atoms with van der Waals surface area (Å²) < 4.78 is 5.61. The zero-order valence-corrected chi connectivity index (χ0v) is 12.4. The predicted molar refractivity (Wildman–Crippen MR) is 85.0 cm³/mol. The number of aliphatic carboxylic acids is 1. The summed E-state index contributed by atoms with van der Waals surface area (Å²) in [5.41, 5.74) is 1.81. The van der Waals surface area contributed by atoms with Crippen LogP contribution in [0.25, 0.3) is 6.08 Å². The molecule has 0 fully saturated rings. The molecule has 2 rings (SSSR count). The Hall–Kier alpha value is -1.97. The second-order valence-corrected chi connectivity index (χ2v) is 5.10. The van der Waals surface area contributed by atoms with Gasteiger partial charge in [0.05, 0.1) is 5.02 Å². The normalized spacial score (nSPS) is 14.5. The summed E-state index contributed by atoms with van der Waals surface area (Å²) in [6.45, 7) is 0.420. The lowest BCUT2D eigenvalue weighted by Gasteiger charge is -2.17. The minimum Gasteiger partial charge on any atom is -0.487 e. The number of ether oxygens (including phenoxy) is 1. The molecule has 21 heavy (non-hydrogen) atoms. The lowest BCUT2D eigenvalue weighted by atomic mass is 10.1. The molecule has 0 aliphatic carbocycles. The molecule has 0 radical (unpaired) electrons. The largest absolute Gasteiger partial charge is 0.487 e. The summed E-state index contributed by atoms with van der Waals surface area (Å²) in [6, 6.07) is 3.44. The molecule has 0 unspecified atom stereocenters. The summed E-state index contributed by atoms with van der Waals surface area (Å²) in [5, 5.41) is 9.48. The van der Waals surface area contributed by atoms with Crippen LogP contribution in [-0.2, 0) is 4.79 Å². The molecule has 1 heterocycles. The number of allylic oxidation sites excluding steroid dienone is 4. The number of carboxylic acids is 1. The molecule has 0 saturated carbocycles. The molecule has 0 atom stereocenters. The van der Waals surface area contributed by atoms with Gasteiger partial charge >= 0.3 is 5.97 Å². The first-order valence-electron chi connectivity index (χ1n) is 6.13. The van der Waals surface area contributed by atoms with E-state index in [0.717, 1.165) is 17.2 Å². The minimum absolute atomic E-state index is 0.420. The van der Waals surface area contributed by atoms with Crippen molar-refractivity contribution < 1.29 is 14.6 Å². The molecule has 108 valence electrons. The zero-order valence-electron chi connectivity index (χ0n) is 10.9. The Kier molecular flexibility index (Phi) is 5.26. The van der Waals surface area contributed by atoms with E-state index < -0.39 is 5.97 Å². The molecule has 1 aliphatic heterocycles. The fraction of sp³-hybridized carbons (Fsp3) is 0.0625. The molecule has 1 aromatic rings. The van der Waals surface area contributed by atoms with Crippen molar-refractivity contribution in [3.05, 3.63) is 69.8 Å². The van der Waals surface area contributed by atoms with Gasteiger partial charge in [0.15, 0.2) is 0 Å². The maximum atomic E-state index is 10.3. The van der Waals surface area contributed by atoms with Crippen LogP contribution in [0.15, 0.2) is 54.2 Å². The van der Waals surface area contributed by atoms with E-state index in [4.69, 9.17) is 33.0 Å². The van der Waals surface area contributed by atoms with Gasteiger partial charge in [0.25, 0.3) is 0 Å². The van der Waals surface area contributed by atoms with E-state index in [-0.39, 0.29) is 0 Å². The smallest absolute Gasteiger partial charge is 0.328 e. The molecule has 0 spiro atoms. The molecule has 0 bridgehead atoms. The second kappa shape index (κ2) is 7.16. The number of halogens is 2. The van der Waals surface area contributed by atoms with Gasteiger partial charge in [0.1, 0.15) is 12.4 Å². The van der Waals surface area contributed by atoms with Crippen LogP contribution >= 0.6 is 23.2 Å². The lowest BCUT2D eigenvalue weighted by Crippen LogP contribution is -2.06. The van der Waals surface area contributed by atoms with E-state index in [1.165, 1.54) is 6.08 Å². The Morgan fingerprint density at radius 2 is 1.95 bits per heavy atom. The van der Waals surface area contributed by atoms with E-state index in [2.05, 4.69) is 0 Å². The highest BCUT2D eigenvalue weighted by atomic mass is 35.5. The lowest BCUT2D eigenvalue weighted by molar-refractivity contribution is -0.131. The van der Waals surface area contributed by atoms with Crippen LogP contribution in [-0.4, -0.2) is 17.7 Å². The van der Waals surface area contributed by atoms with Gasteiger partial charge in [-0.05, 0) is 23.8 Å². The molecule has 0 amide bonds. The average Bonchev–Trinajstić information content (AvgIpc) is 2.41. The third kappa shape index (κ3) is 4.52. The van der Waals surface area contributed by atoms with Crippen LogP contribution in [0.5, 0.6) is 5.75 Å². The standard InChI is InChI=1S/C16H12Cl2O3/c17-13-8-12-7-11(10-21-16(12)14(18)9-13)5-3-1-2-4-6-15(19)20/h1-9H,10H2,(H,19,20). The summed E-state index contributed by atoms with van der Waals surface area (Å²) >= 11 is 12.0. The van der Waals surface area contributed by atoms with Gasteiger partial charge in [-0.2, -0.15) is 0 Å². The van der Waals surface area contributed by atoms with Crippen molar-refractivity contribution >= 4 is 35.2 Å². The topological polar surface area (TPSA) is 46.5 Å². The van der Waals surface area contributed by atoms with Crippen molar-refractivity contribution in [3.8, 4) is 5.75 Å². The van der Waals surface area contributed by atoms with Crippen molar-refractivity contribution in [2.75, 3.05) is 6.61 Å². The summed E-state index contributed by atoms with van der Waals surface area (Å²) in [7, 11) is 0. The number of hydrogen-bond donors (Lipinski definition) is 1. The van der Waals surface area contributed by atoms with E-state index >= 15 is 0 Å². The SMILES string of the molecule is O=C(O)C=CC=CC=CC1=Cc2cc(Cl)cc(Cl)c2OC1. The Morgan fingerprint density at radius 3 is 2.71 bits per heavy atom. The van der Waals surface area contributed by atoms with Crippen LogP contribution in [0.4, 0.5) is 0 Å². The molecule has 3 nitrogen and oxygen atoms in total. The third-order valence-corrected chi connectivity index (χ3v) is 3.14. The van der Waals surface area contributed by atoms with E-state index in [1.807, 2.05) is 12.2 Å². The van der Waals surface area contributed by atoms with E-state index in [0.29, 0.717) is 22.4 Å². The molecular weight excluding hydrogens is 311 g/mol. The minimum atomic E-state index is -0.975. The summed E-state index contributed by atoms with van der Waals surface area (Å²) in [6.07, 6.45) is 11.5. The molecule has 5 heteroatoms. The van der Waals surface area contributed by atoms with Crippen molar-refractivity contribution in [1.29, 1.82) is 0 Å². The van der Waals surface area contributed by atoms with Gasteiger partial charge in [-0.25, -0.2) is 4.79 Å². The molecule has 0 aromatic heterocycles. The van der Waals surface area contributed by atoms with Crippen molar-refractivity contribution in [2.45, 2.75) is 0 Å². The predicted octanol–water partition coefficient (Wildman–Crippen LogP) is 4.52. The number of hydrogen-bond acceptors (Lipinski definition) is 2. The van der Waals surface area contributed by atoms with Crippen LogP contribution < -0.4 is 4.74 Å². The zero-order chi connectivity index (χ0) is 15.2. The highest BCUT2D eigenvalue weighted by Crippen LogP contribution is 2.36.